The molecule has 1 saturated heterocycles. The fraction of sp³-hybridized carbons (Fsp3) is 0.400. The van der Waals surface area contributed by atoms with E-state index in [-0.39, 0.29) is 17.4 Å². The van der Waals surface area contributed by atoms with Gasteiger partial charge in [0.2, 0.25) is 10.0 Å². The second-order valence-electron chi connectivity index (χ2n) is 6.91. The molecule has 5 nitrogen and oxygen atoms in total. The van der Waals surface area contributed by atoms with Gasteiger partial charge in [-0.1, -0.05) is 30.3 Å². The van der Waals surface area contributed by atoms with Crippen LogP contribution >= 0.6 is 0 Å². The van der Waals surface area contributed by atoms with Crippen LogP contribution < -0.4 is 4.72 Å². The molecule has 0 aliphatic carbocycles. The highest BCUT2D eigenvalue weighted by atomic mass is 32.2. The molecule has 146 valence electrons. The summed E-state index contributed by atoms with van der Waals surface area (Å²) in [5, 5.41) is 11.5. The monoisotopic (exact) mass is 393 g/mol. The molecule has 2 aromatic carbocycles. The van der Waals surface area contributed by atoms with E-state index >= 15 is 0 Å². The third-order valence-corrected chi connectivity index (χ3v) is 6.69. The van der Waals surface area contributed by atoms with E-state index in [9.17, 15) is 17.9 Å². The highest BCUT2D eigenvalue weighted by Crippen LogP contribution is 2.36. The Labute approximate surface area is 159 Å². The van der Waals surface area contributed by atoms with E-state index in [1.165, 1.54) is 12.1 Å². The van der Waals surface area contributed by atoms with Crippen molar-refractivity contribution < 1.29 is 22.7 Å². The third kappa shape index (κ3) is 4.38. The average molecular weight is 393 g/mol. The van der Waals surface area contributed by atoms with Crippen LogP contribution in [-0.2, 0) is 20.4 Å². The van der Waals surface area contributed by atoms with Gasteiger partial charge in [0.05, 0.1) is 4.90 Å². The number of hydrogen-bond acceptors (Lipinski definition) is 4. The van der Waals surface area contributed by atoms with Crippen LogP contribution in [0.5, 0.6) is 0 Å². The second kappa shape index (κ2) is 8.06. The van der Waals surface area contributed by atoms with Gasteiger partial charge in [-0.3, -0.25) is 0 Å². The van der Waals surface area contributed by atoms with Gasteiger partial charge < -0.3 is 9.84 Å². The van der Waals surface area contributed by atoms with Crippen molar-refractivity contribution in [2.24, 2.45) is 5.92 Å². The molecular formula is C20H24FNO4S. The molecule has 1 unspecified atom stereocenters. The molecule has 7 heteroatoms. The summed E-state index contributed by atoms with van der Waals surface area (Å²) < 4.78 is 46.7. The van der Waals surface area contributed by atoms with Gasteiger partial charge in [0.25, 0.3) is 0 Å². The average Bonchev–Trinajstić information content (AvgIpc) is 2.67. The van der Waals surface area contributed by atoms with Crippen molar-refractivity contribution in [3.63, 3.8) is 0 Å². The Balaban J connectivity index is 1.88. The van der Waals surface area contributed by atoms with E-state index in [0.29, 0.717) is 37.2 Å². The molecule has 2 N–H and O–H groups in total. The van der Waals surface area contributed by atoms with Crippen molar-refractivity contribution >= 4 is 10.0 Å². The van der Waals surface area contributed by atoms with Gasteiger partial charge in [0, 0.05) is 19.8 Å². The van der Waals surface area contributed by atoms with Gasteiger partial charge in [-0.25, -0.2) is 17.5 Å². The first-order valence-electron chi connectivity index (χ1n) is 8.94. The Kier molecular flexibility index (Phi) is 5.95. The van der Waals surface area contributed by atoms with Gasteiger partial charge >= 0.3 is 0 Å². The largest absolute Gasteiger partial charge is 0.383 e. The molecule has 0 bridgehead atoms. The minimum Gasteiger partial charge on any atom is -0.383 e. The van der Waals surface area contributed by atoms with Crippen LogP contribution in [0.4, 0.5) is 4.39 Å². The zero-order valence-corrected chi connectivity index (χ0v) is 16.0. The first-order chi connectivity index (χ1) is 12.8. The normalized spacial score (nSPS) is 18.2. The lowest BCUT2D eigenvalue weighted by molar-refractivity contribution is -0.0663. The summed E-state index contributed by atoms with van der Waals surface area (Å²) in [7, 11) is -3.90. The Morgan fingerprint density at radius 3 is 2.48 bits per heavy atom. The van der Waals surface area contributed by atoms with Gasteiger partial charge in [-0.2, -0.15) is 0 Å². The lowest BCUT2D eigenvalue weighted by Crippen LogP contribution is -2.47. The van der Waals surface area contributed by atoms with Crippen molar-refractivity contribution in [1.29, 1.82) is 0 Å². The summed E-state index contributed by atoms with van der Waals surface area (Å²) in [5.74, 6) is -0.625. The fourth-order valence-corrected chi connectivity index (χ4v) is 4.88. The Hall–Kier alpha value is -1.80. The Bertz CT molecular complexity index is 882. The van der Waals surface area contributed by atoms with E-state index in [2.05, 4.69) is 4.72 Å². The molecule has 2 aromatic rings. The standard InChI is InChI=1S/C20H24FNO4S/c1-15-13-18(21)7-8-19(15)27(24,25)22-14-20(23,16-5-3-2-4-6-16)17-9-11-26-12-10-17/h2-8,13,17,22-23H,9-12,14H2,1H3. The van der Waals surface area contributed by atoms with Crippen LogP contribution in [0.1, 0.15) is 24.0 Å². The number of halogens is 1. The maximum absolute atomic E-state index is 13.3. The number of aryl methyl sites for hydroxylation is 1. The van der Waals surface area contributed by atoms with Crippen LogP contribution in [0, 0.1) is 18.7 Å². The van der Waals surface area contributed by atoms with Gasteiger partial charge in [0.1, 0.15) is 11.4 Å². The minimum absolute atomic E-state index is 0.00582. The zero-order valence-electron chi connectivity index (χ0n) is 15.2. The Morgan fingerprint density at radius 2 is 1.85 bits per heavy atom. The molecule has 0 spiro atoms. The van der Waals surface area contributed by atoms with Crippen LogP contribution in [0.2, 0.25) is 0 Å². The summed E-state index contributed by atoms with van der Waals surface area (Å²) in [5.41, 5.74) is -0.376. The molecule has 0 aromatic heterocycles. The Morgan fingerprint density at radius 1 is 1.19 bits per heavy atom. The van der Waals surface area contributed by atoms with E-state index in [0.717, 1.165) is 6.07 Å². The van der Waals surface area contributed by atoms with E-state index < -0.39 is 21.4 Å². The first-order valence-corrected chi connectivity index (χ1v) is 10.4. The fourth-order valence-electron chi connectivity index (χ4n) is 3.58. The van der Waals surface area contributed by atoms with Gasteiger partial charge in [-0.15, -0.1) is 0 Å². The molecule has 0 amide bonds. The number of rotatable bonds is 6. The van der Waals surface area contributed by atoms with Crippen molar-refractivity contribution in [3.05, 3.63) is 65.5 Å². The SMILES string of the molecule is Cc1cc(F)ccc1S(=O)(=O)NCC(O)(c1ccccc1)C1CCOCC1. The van der Waals surface area contributed by atoms with Crippen molar-refractivity contribution in [3.8, 4) is 0 Å². The smallest absolute Gasteiger partial charge is 0.240 e. The van der Waals surface area contributed by atoms with Crippen LogP contribution in [-0.4, -0.2) is 33.3 Å². The maximum Gasteiger partial charge on any atom is 0.240 e. The third-order valence-electron chi connectivity index (χ3n) is 5.13. The van der Waals surface area contributed by atoms with Crippen LogP contribution in [0.3, 0.4) is 0 Å². The number of ether oxygens (including phenoxy) is 1. The number of aliphatic hydroxyl groups is 1. The summed E-state index contributed by atoms with van der Waals surface area (Å²) >= 11 is 0. The molecule has 27 heavy (non-hydrogen) atoms. The number of hydrogen-bond donors (Lipinski definition) is 2. The molecule has 1 atom stereocenters. The number of sulfonamides is 1. The highest BCUT2D eigenvalue weighted by Gasteiger charge is 2.40. The molecule has 3 rings (SSSR count). The van der Waals surface area contributed by atoms with Crippen molar-refractivity contribution in [1.82, 2.24) is 4.72 Å². The van der Waals surface area contributed by atoms with E-state index in [1.807, 2.05) is 18.2 Å². The van der Waals surface area contributed by atoms with Crippen molar-refractivity contribution in [2.45, 2.75) is 30.3 Å². The van der Waals surface area contributed by atoms with E-state index in [4.69, 9.17) is 4.74 Å². The molecular weight excluding hydrogens is 369 g/mol. The predicted octanol–water partition coefficient (Wildman–Crippen LogP) is 2.73. The summed E-state index contributed by atoms with van der Waals surface area (Å²) in [4.78, 5) is 0.00582. The van der Waals surface area contributed by atoms with Gasteiger partial charge in [-0.05, 0) is 55.0 Å². The molecule has 0 saturated carbocycles. The lowest BCUT2D eigenvalue weighted by atomic mass is 9.77. The lowest BCUT2D eigenvalue weighted by Gasteiger charge is -2.39. The number of nitrogens with one attached hydrogen (secondary N) is 1. The predicted molar refractivity (Wildman–Crippen MR) is 100 cm³/mol. The maximum atomic E-state index is 13.3. The second-order valence-corrected chi connectivity index (χ2v) is 8.65. The molecule has 0 radical (unpaired) electrons. The number of benzene rings is 2. The topological polar surface area (TPSA) is 75.6 Å². The highest BCUT2D eigenvalue weighted by molar-refractivity contribution is 7.89. The van der Waals surface area contributed by atoms with Crippen LogP contribution in [0.25, 0.3) is 0 Å². The summed E-state index contributed by atoms with van der Waals surface area (Å²) in [6.07, 6.45) is 1.28. The quantitative estimate of drug-likeness (QED) is 0.791. The summed E-state index contributed by atoms with van der Waals surface area (Å²) in [6, 6.07) is 12.6. The van der Waals surface area contributed by atoms with E-state index in [1.54, 1.807) is 19.1 Å². The molecule has 1 aliphatic heterocycles. The van der Waals surface area contributed by atoms with Gasteiger partial charge in [0.15, 0.2) is 0 Å². The first kappa shape index (κ1) is 19.9. The molecule has 1 aliphatic rings. The van der Waals surface area contributed by atoms with Crippen LogP contribution in [0.15, 0.2) is 53.4 Å². The minimum atomic E-state index is -3.90. The zero-order chi connectivity index (χ0) is 19.5. The summed E-state index contributed by atoms with van der Waals surface area (Å²) in [6.45, 7) is 2.44. The molecule has 1 heterocycles. The molecule has 1 fully saturated rings. The van der Waals surface area contributed by atoms with Crippen molar-refractivity contribution in [2.75, 3.05) is 19.8 Å².